The first kappa shape index (κ1) is 18.8. The van der Waals surface area contributed by atoms with Crippen molar-refractivity contribution in [2.45, 2.75) is 19.9 Å². The van der Waals surface area contributed by atoms with Gasteiger partial charge in [0.2, 0.25) is 0 Å². The summed E-state index contributed by atoms with van der Waals surface area (Å²) in [5.74, 6) is 0.148. The number of ether oxygens (including phenoxy) is 2. The summed E-state index contributed by atoms with van der Waals surface area (Å²) in [5, 5.41) is 4.08. The van der Waals surface area contributed by atoms with Crippen molar-refractivity contribution in [1.82, 2.24) is 14.8 Å². The van der Waals surface area contributed by atoms with Crippen LogP contribution in [0, 0.1) is 6.92 Å². The molecule has 7 nitrogen and oxygen atoms in total. The van der Waals surface area contributed by atoms with Crippen LogP contribution in [0.25, 0.3) is 0 Å². The molecule has 0 unspecified atom stereocenters. The predicted octanol–water partition coefficient (Wildman–Crippen LogP) is 2.49. The molecule has 0 spiro atoms. The summed E-state index contributed by atoms with van der Waals surface area (Å²) in [5.41, 5.74) is 2.50. The first-order valence-electron chi connectivity index (χ1n) is 8.45. The Balaban J connectivity index is 1.54. The van der Waals surface area contributed by atoms with Crippen LogP contribution in [0.2, 0.25) is 0 Å². The van der Waals surface area contributed by atoms with Gasteiger partial charge in [-0.3, -0.25) is 4.79 Å². The summed E-state index contributed by atoms with van der Waals surface area (Å²) in [6.07, 6.45) is 0.604. The third-order valence-electron chi connectivity index (χ3n) is 3.80. The smallest absolute Gasteiger partial charge is 0.358 e. The molecule has 0 N–H and O–H groups in total. The Hall–Kier alpha value is -3.00. The topological polar surface area (TPSA) is 83.3 Å². The van der Waals surface area contributed by atoms with Crippen molar-refractivity contribution in [3.63, 3.8) is 0 Å². The van der Waals surface area contributed by atoms with Crippen molar-refractivity contribution < 1.29 is 14.3 Å². The molecule has 0 amide bonds. The third kappa shape index (κ3) is 5.24. The molecule has 0 fully saturated rings. The minimum atomic E-state index is -0.560. The second-order valence-electron chi connectivity index (χ2n) is 5.69. The Bertz CT molecular complexity index is 953. The fourth-order valence-electron chi connectivity index (χ4n) is 2.36. The maximum atomic E-state index is 12.2. The lowest BCUT2D eigenvalue weighted by Crippen LogP contribution is -2.27. The molecule has 2 aromatic heterocycles. The van der Waals surface area contributed by atoms with Crippen molar-refractivity contribution in [3.8, 4) is 5.75 Å². The monoisotopic (exact) mass is 385 g/mol. The normalized spacial score (nSPS) is 10.6. The summed E-state index contributed by atoms with van der Waals surface area (Å²) in [6, 6.07) is 12.0. The first-order valence-corrected chi connectivity index (χ1v) is 9.33. The molecule has 3 aromatic rings. The van der Waals surface area contributed by atoms with Crippen LogP contribution in [0.4, 0.5) is 0 Å². The Morgan fingerprint density at radius 1 is 1.15 bits per heavy atom. The molecule has 27 heavy (non-hydrogen) atoms. The van der Waals surface area contributed by atoms with Gasteiger partial charge in [-0.05, 0) is 25.1 Å². The summed E-state index contributed by atoms with van der Waals surface area (Å²) >= 11 is 1.53. The van der Waals surface area contributed by atoms with Crippen LogP contribution in [0.1, 0.15) is 21.1 Å². The molecule has 0 saturated heterocycles. The van der Waals surface area contributed by atoms with E-state index in [0.29, 0.717) is 12.2 Å². The number of benzene rings is 1. The Kier molecular flexibility index (Phi) is 6.32. The van der Waals surface area contributed by atoms with Crippen molar-refractivity contribution in [2.75, 3.05) is 13.2 Å². The molecule has 0 bridgehead atoms. The average molecular weight is 385 g/mol. The van der Waals surface area contributed by atoms with E-state index >= 15 is 0 Å². The van der Waals surface area contributed by atoms with Crippen LogP contribution < -0.4 is 10.3 Å². The van der Waals surface area contributed by atoms with Gasteiger partial charge >= 0.3 is 5.97 Å². The van der Waals surface area contributed by atoms with Crippen LogP contribution in [0.15, 0.2) is 52.8 Å². The lowest BCUT2D eigenvalue weighted by atomic mass is 10.3. The fraction of sp³-hybridized carbons (Fsp3) is 0.263. The zero-order valence-electron chi connectivity index (χ0n) is 14.8. The number of esters is 1. The van der Waals surface area contributed by atoms with Crippen LogP contribution >= 0.6 is 11.3 Å². The van der Waals surface area contributed by atoms with E-state index in [1.165, 1.54) is 28.2 Å². The molecule has 140 valence electrons. The van der Waals surface area contributed by atoms with E-state index in [-0.39, 0.29) is 31.0 Å². The molecule has 8 heteroatoms. The van der Waals surface area contributed by atoms with Gasteiger partial charge in [0, 0.05) is 17.4 Å². The van der Waals surface area contributed by atoms with Gasteiger partial charge in [0.15, 0.2) is 5.69 Å². The number of aryl methyl sites for hydroxylation is 1. The van der Waals surface area contributed by atoms with Gasteiger partial charge in [-0.25, -0.2) is 14.5 Å². The Morgan fingerprint density at radius 3 is 2.70 bits per heavy atom. The maximum Gasteiger partial charge on any atom is 0.358 e. The third-order valence-corrected chi connectivity index (χ3v) is 4.79. The minimum absolute atomic E-state index is 0.0929. The second-order valence-corrected chi connectivity index (χ2v) is 6.63. The van der Waals surface area contributed by atoms with Gasteiger partial charge in [0.05, 0.1) is 24.4 Å². The molecule has 0 saturated carbocycles. The number of aromatic nitrogens is 3. The van der Waals surface area contributed by atoms with E-state index in [9.17, 15) is 9.59 Å². The minimum Gasteiger partial charge on any atom is -0.492 e. The number of nitrogens with zero attached hydrogens (tertiary/aromatic N) is 3. The van der Waals surface area contributed by atoms with Crippen LogP contribution in [-0.4, -0.2) is 33.9 Å². The standard InChI is InChI=1S/C19H19N3O4S/c1-14-17(27-13-20-14)9-11-26-19(24)16-7-8-18(23)22(21-16)10-12-25-15-5-3-2-4-6-15/h2-8,13H,9-12H2,1H3. The molecular weight excluding hydrogens is 366 g/mol. The zero-order valence-corrected chi connectivity index (χ0v) is 15.6. The number of hydrogen-bond donors (Lipinski definition) is 0. The van der Waals surface area contributed by atoms with Crippen LogP contribution in [0.5, 0.6) is 5.75 Å². The van der Waals surface area contributed by atoms with E-state index in [0.717, 1.165) is 10.6 Å². The summed E-state index contributed by atoms with van der Waals surface area (Å²) in [6.45, 7) is 2.65. The van der Waals surface area contributed by atoms with Crippen LogP contribution in [0.3, 0.4) is 0 Å². The van der Waals surface area contributed by atoms with Gasteiger partial charge < -0.3 is 9.47 Å². The van der Waals surface area contributed by atoms with Crippen molar-refractivity contribution in [2.24, 2.45) is 0 Å². The lowest BCUT2D eigenvalue weighted by molar-refractivity contribution is 0.0499. The average Bonchev–Trinajstić information content (AvgIpc) is 3.09. The molecule has 3 rings (SSSR count). The highest BCUT2D eigenvalue weighted by Crippen LogP contribution is 2.13. The van der Waals surface area contributed by atoms with E-state index in [2.05, 4.69) is 10.1 Å². The highest BCUT2D eigenvalue weighted by molar-refractivity contribution is 7.09. The number of carbonyl (C=O) groups excluding carboxylic acids is 1. The summed E-state index contributed by atoms with van der Waals surface area (Å²) < 4.78 is 12.0. The van der Waals surface area contributed by atoms with Crippen LogP contribution in [-0.2, 0) is 17.7 Å². The number of para-hydroxylation sites is 1. The van der Waals surface area contributed by atoms with Gasteiger partial charge in [-0.2, -0.15) is 5.10 Å². The molecule has 0 radical (unpaired) electrons. The van der Waals surface area contributed by atoms with Gasteiger partial charge in [-0.15, -0.1) is 11.3 Å². The second kappa shape index (κ2) is 9.09. The SMILES string of the molecule is Cc1ncsc1CCOC(=O)c1ccc(=O)n(CCOc2ccccc2)n1. The van der Waals surface area contributed by atoms with Crippen molar-refractivity contribution in [1.29, 1.82) is 0 Å². The zero-order chi connectivity index (χ0) is 19.1. The molecule has 0 aliphatic heterocycles. The Morgan fingerprint density at radius 2 is 1.96 bits per heavy atom. The largest absolute Gasteiger partial charge is 0.492 e. The number of thiazole rings is 1. The highest BCUT2D eigenvalue weighted by Gasteiger charge is 2.12. The molecular formula is C19H19N3O4S. The van der Waals surface area contributed by atoms with E-state index in [4.69, 9.17) is 9.47 Å². The number of hydrogen-bond acceptors (Lipinski definition) is 7. The van der Waals surface area contributed by atoms with E-state index in [1.54, 1.807) is 5.51 Å². The molecule has 0 atom stereocenters. The predicted molar refractivity (Wildman–Crippen MR) is 101 cm³/mol. The number of carbonyl (C=O) groups is 1. The van der Waals surface area contributed by atoms with Crippen molar-refractivity contribution in [3.05, 3.63) is 74.6 Å². The van der Waals surface area contributed by atoms with Gasteiger partial charge in [0.1, 0.15) is 12.4 Å². The quantitative estimate of drug-likeness (QED) is 0.554. The summed E-state index contributed by atoms with van der Waals surface area (Å²) in [4.78, 5) is 29.3. The van der Waals surface area contributed by atoms with Gasteiger partial charge in [-0.1, -0.05) is 18.2 Å². The molecule has 0 aliphatic rings. The van der Waals surface area contributed by atoms with Crippen molar-refractivity contribution >= 4 is 17.3 Å². The molecule has 0 aliphatic carbocycles. The van der Waals surface area contributed by atoms with Gasteiger partial charge in [0.25, 0.3) is 5.56 Å². The van der Waals surface area contributed by atoms with E-state index < -0.39 is 5.97 Å². The Labute approximate surface area is 160 Å². The maximum absolute atomic E-state index is 12.2. The molecule has 2 heterocycles. The number of rotatable bonds is 8. The fourth-order valence-corrected chi connectivity index (χ4v) is 3.12. The van der Waals surface area contributed by atoms with E-state index in [1.807, 2.05) is 37.3 Å². The highest BCUT2D eigenvalue weighted by atomic mass is 32.1. The lowest BCUT2D eigenvalue weighted by Gasteiger charge is -2.09. The first-order chi connectivity index (χ1) is 13.1. The molecule has 1 aromatic carbocycles. The summed E-state index contributed by atoms with van der Waals surface area (Å²) in [7, 11) is 0.